The minimum atomic E-state index is -0.595. The molecule has 0 spiro atoms. The third-order valence-corrected chi connectivity index (χ3v) is 8.03. The van der Waals surface area contributed by atoms with E-state index in [1.807, 2.05) is 60.1 Å². The number of Topliss-reactive ketones (excluding diaryl/α,β-unsaturated/α-hetero) is 1. The van der Waals surface area contributed by atoms with Gasteiger partial charge < -0.3 is 19.3 Å². The molecule has 0 fully saturated rings. The van der Waals surface area contributed by atoms with Gasteiger partial charge in [0.2, 0.25) is 5.88 Å². The van der Waals surface area contributed by atoms with Crippen LogP contribution in [0, 0.1) is 0 Å². The number of nitrogens with zero attached hydrogens (tertiary/aromatic N) is 5. The second kappa shape index (κ2) is 11.7. The fraction of sp³-hybridized carbons (Fsp3) is 0.419. The van der Waals surface area contributed by atoms with Crippen LogP contribution in [0.5, 0.6) is 5.88 Å². The van der Waals surface area contributed by atoms with Crippen LogP contribution in [-0.4, -0.2) is 67.7 Å². The van der Waals surface area contributed by atoms with Crippen molar-refractivity contribution in [2.24, 2.45) is 0 Å². The van der Waals surface area contributed by atoms with E-state index >= 15 is 0 Å². The molecule has 4 heterocycles. The van der Waals surface area contributed by atoms with Crippen molar-refractivity contribution in [1.29, 1.82) is 0 Å². The number of hydrogen-bond acceptors (Lipinski definition) is 9. The van der Waals surface area contributed by atoms with Crippen molar-refractivity contribution < 1.29 is 19.2 Å². The van der Waals surface area contributed by atoms with Gasteiger partial charge in [-0.2, -0.15) is 0 Å². The number of aliphatic hydroxyl groups excluding tert-OH is 1. The zero-order chi connectivity index (χ0) is 29.3. The van der Waals surface area contributed by atoms with Crippen molar-refractivity contribution >= 4 is 32.4 Å². The van der Waals surface area contributed by atoms with Gasteiger partial charge in [-0.15, -0.1) is 0 Å². The van der Waals surface area contributed by atoms with Crippen LogP contribution in [-0.2, 0) is 23.1 Å². The molecule has 9 nitrogen and oxygen atoms in total. The summed E-state index contributed by atoms with van der Waals surface area (Å²) in [5, 5.41) is 14.3. The van der Waals surface area contributed by atoms with Gasteiger partial charge in [0.15, 0.2) is 4.96 Å². The highest BCUT2D eigenvalue weighted by atomic mass is 32.1. The minimum Gasteiger partial charge on any atom is -0.475 e. The monoisotopic (exact) mass is 575 g/mol. The number of ketones is 1. The highest BCUT2D eigenvalue weighted by Crippen LogP contribution is 2.30. The lowest BCUT2D eigenvalue weighted by molar-refractivity contribution is -0.117. The van der Waals surface area contributed by atoms with Crippen LogP contribution in [0.2, 0.25) is 0 Å². The van der Waals surface area contributed by atoms with Crippen molar-refractivity contribution in [3.63, 3.8) is 0 Å². The molecule has 0 radical (unpaired) electrons. The lowest BCUT2D eigenvalue weighted by Gasteiger charge is -2.23. The number of pyridine rings is 1. The van der Waals surface area contributed by atoms with Crippen LogP contribution in [0.4, 0.5) is 0 Å². The normalized spacial score (nSPS) is 13.1. The maximum absolute atomic E-state index is 12.6. The van der Waals surface area contributed by atoms with E-state index in [0.717, 1.165) is 37.9 Å². The number of ether oxygens (including phenoxy) is 1. The van der Waals surface area contributed by atoms with Crippen LogP contribution >= 0.6 is 11.3 Å². The predicted octanol–water partition coefficient (Wildman–Crippen LogP) is 5.33. The predicted molar refractivity (Wildman–Crippen MR) is 161 cm³/mol. The van der Waals surface area contributed by atoms with Crippen molar-refractivity contribution in [3.05, 3.63) is 65.7 Å². The highest BCUT2D eigenvalue weighted by Gasteiger charge is 2.21. The first-order valence-electron chi connectivity index (χ1n) is 13.8. The summed E-state index contributed by atoms with van der Waals surface area (Å²) < 4.78 is 13.2. The summed E-state index contributed by atoms with van der Waals surface area (Å²) in [6.45, 7) is 11.1. The molecule has 0 saturated heterocycles. The molecule has 1 aromatic carbocycles. The Morgan fingerprint density at radius 1 is 1.12 bits per heavy atom. The average Bonchev–Trinajstić information content (AvgIpc) is 3.62. The van der Waals surface area contributed by atoms with E-state index in [2.05, 4.69) is 49.7 Å². The smallest absolute Gasteiger partial charge is 0.214 e. The topological polar surface area (TPSA) is 106 Å². The lowest BCUT2D eigenvalue weighted by Crippen LogP contribution is -2.37. The summed E-state index contributed by atoms with van der Waals surface area (Å²) in [7, 11) is 1.98. The van der Waals surface area contributed by atoms with E-state index in [9.17, 15) is 9.90 Å². The quantitative estimate of drug-likeness (QED) is 0.225. The van der Waals surface area contributed by atoms with Gasteiger partial charge in [0, 0.05) is 48.3 Å². The molecule has 0 aliphatic heterocycles. The Balaban J connectivity index is 1.21. The second-order valence-corrected chi connectivity index (χ2v) is 12.8. The average molecular weight is 576 g/mol. The molecule has 0 bridgehead atoms. The number of aromatic nitrogens is 4. The third kappa shape index (κ3) is 6.83. The molecule has 4 aromatic heterocycles. The molecule has 5 rings (SSSR count). The van der Waals surface area contributed by atoms with Crippen LogP contribution in [0.15, 0.2) is 53.2 Å². The Morgan fingerprint density at radius 2 is 1.88 bits per heavy atom. The minimum absolute atomic E-state index is 0.0914. The number of hydrogen-bond donors (Lipinski definition) is 1. The number of benzene rings is 1. The van der Waals surface area contributed by atoms with Gasteiger partial charge >= 0.3 is 0 Å². The maximum Gasteiger partial charge on any atom is 0.214 e. The van der Waals surface area contributed by atoms with Gasteiger partial charge in [-0.05, 0) is 32.5 Å². The molecule has 10 heteroatoms. The first-order chi connectivity index (χ1) is 19.5. The summed E-state index contributed by atoms with van der Waals surface area (Å²) in [5.74, 6) is 1.35. The SMILES string of the molecule is CC(C)N(C)CC(O)COc1ccc2c(n1)sc1nc(-c3ccc(CC(=O)Cc4cc(C(C)(C)C)on4)cc3)cn12. The summed E-state index contributed by atoms with van der Waals surface area (Å²) in [4.78, 5) is 25.8. The van der Waals surface area contributed by atoms with Crippen LogP contribution in [0.1, 0.15) is 51.6 Å². The largest absolute Gasteiger partial charge is 0.475 e. The lowest BCUT2D eigenvalue weighted by atomic mass is 9.93. The fourth-order valence-corrected chi connectivity index (χ4v) is 5.37. The number of carbonyl (C=O) groups is 1. The van der Waals surface area contributed by atoms with Gasteiger partial charge in [0.25, 0.3) is 0 Å². The molecule has 1 N–H and O–H groups in total. The molecule has 0 amide bonds. The fourth-order valence-electron chi connectivity index (χ4n) is 4.40. The summed E-state index contributed by atoms with van der Waals surface area (Å²) in [5.41, 5.74) is 4.25. The number of imidazole rings is 1. The number of aliphatic hydroxyl groups is 1. The first kappa shape index (κ1) is 28.9. The molecular weight excluding hydrogens is 538 g/mol. The number of fused-ring (bicyclic) bond motifs is 3. The molecule has 5 aromatic rings. The first-order valence-corrected chi connectivity index (χ1v) is 14.6. The molecular formula is C31H37N5O4S. The van der Waals surface area contributed by atoms with E-state index in [1.165, 1.54) is 11.3 Å². The van der Waals surface area contributed by atoms with Gasteiger partial charge in [0.1, 0.15) is 29.1 Å². The maximum atomic E-state index is 12.6. The summed E-state index contributed by atoms with van der Waals surface area (Å²) in [6, 6.07) is 14.0. The van der Waals surface area contributed by atoms with E-state index in [4.69, 9.17) is 14.2 Å². The van der Waals surface area contributed by atoms with Crippen molar-refractivity contribution in [2.45, 2.75) is 65.0 Å². The highest BCUT2D eigenvalue weighted by molar-refractivity contribution is 7.23. The van der Waals surface area contributed by atoms with Crippen LogP contribution in [0.3, 0.4) is 0 Å². The van der Waals surface area contributed by atoms with Crippen molar-refractivity contribution in [2.75, 3.05) is 20.2 Å². The third-order valence-electron chi connectivity index (χ3n) is 7.07. The van der Waals surface area contributed by atoms with E-state index in [0.29, 0.717) is 30.6 Å². The Morgan fingerprint density at radius 3 is 2.56 bits per heavy atom. The van der Waals surface area contributed by atoms with Gasteiger partial charge in [-0.3, -0.25) is 9.20 Å². The molecule has 1 atom stereocenters. The summed E-state index contributed by atoms with van der Waals surface area (Å²) in [6.07, 6.45) is 1.99. The Bertz CT molecular complexity index is 1640. The molecule has 41 heavy (non-hydrogen) atoms. The van der Waals surface area contributed by atoms with Gasteiger partial charge in [0.05, 0.1) is 23.3 Å². The van der Waals surface area contributed by atoms with Crippen LogP contribution < -0.4 is 4.74 Å². The van der Waals surface area contributed by atoms with Crippen LogP contribution in [0.25, 0.3) is 26.6 Å². The molecule has 0 aliphatic carbocycles. The van der Waals surface area contributed by atoms with Gasteiger partial charge in [-0.1, -0.05) is 61.5 Å². The Kier molecular flexibility index (Phi) is 8.26. The second-order valence-electron chi connectivity index (χ2n) is 11.9. The summed E-state index contributed by atoms with van der Waals surface area (Å²) >= 11 is 1.49. The van der Waals surface area contributed by atoms with Crippen molar-refractivity contribution in [1.82, 2.24) is 24.4 Å². The standard InChI is InChI=1S/C31H37N5O4S/c1-19(2)35(6)16-24(38)18-39-28-12-11-26-29(33-28)41-30-32-25(17-36(26)30)21-9-7-20(8-10-21)13-23(37)14-22-15-27(40-34-22)31(3,4)5/h7-12,15,17,19,24,38H,13-14,16,18H2,1-6H3. The molecule has 0 aliphatic rings. The zero-order valence-electron chi connectivity index (χ0n) is 24.4. The Labute approximate surface area is 243 Å². The number of likely N-dealkylation sites (N-methyl/N-ethyl adjacent to an activating group) is 1. The number of carbonyl (C=O) groups excluding carboxylic acids is 1. The molecule has 1 unspecified atom stereocenters. The molecule has 216 valence electrons. The van der Waals surface area contributed by atoms with E-state index in [-0.39, 0.29) is 24.2 Å². The van der Waals surface area contributed by atoms with E-state index < -0.39 is 6.10 Å². The zero-order valence-corrected chi connectivity index (χ0v) is 25.2. The number of rotatable bonds is 11. The number of thiazole rings is 1. The van der Waals surface area contributed by atoms with Crippen molar-refractivity contribution in [3.8, 4) is 17.1 Å². The molecule has 0 saturated carbocycles. The van der Waals surface area contributed by atoms with Gasteiger partial charge in [-0.25, -0.2) is 9.97 Å². The van der Waals surface area contributed by atoms with E-state index in [1.54, 1.807) is 0 Å². The Hall–Kier alpha value is -3.60.